The third kappa shape index (κ3) is 9.86. The molecule has 10 heteroatoms. The summed E-state index contributed by atoms with van der Waals surface area (Å²) < 4.78 is 15.1. The second-order valence-corrected chi connectivity index (χ2v) is 23.8. The number of aromatic hydroxyl groups is 2. The van der Waals surface area contributed by atoms with E-state index in [1.54, 1.807) is 0 Å². The Morgan fingerprint density at radius 1 is 0.397 bits per heavy atom. The van der Waals surface area contributed by atoms with Crippen LogP contribution in [0.2, 0.25) is 0 Å². The Labute approximate surface area is 357 Å². The van der Waals surface area contributed by atoms with Gasteiger partial charge in [0, 0.05) is 0 Å². The summed E-state index contributed by atoms with van der Waals surface area (Å²) >= 11 is -1.29. The number of rotatable bonds is 7. The molecule has 320 valence electrons. The molecule has 9 nitrogen and oxygen atoms in total. The SMILES string of the molecule is CC(C)(C)c1cc(Cn2c(=O)n(Cc3cc(C(C)(C)C)c(O)c(C(C)(C)C)c3)c(=O)n(Cc3cc(C(C)(C)C)c([I-]O)c(C(C)(C)C)c3)c2=O)cc(C(C)(C)C)c1O. The van der Waals surface area contributed by atoms with Crippen LogP contribution in [-0.2, 0) is 52.1 Å². The average molecular weight is 911 g/mol. The van der Waals surface area contributed by atoms with E-state index in [0.717, 1.165) is 34.0 Å². The number of hydrogen-bond donors (Lipinski definition) is 3. The van der Waals surface area contributed by atoms with Crippen LogP contribution in [0, 0.1) is 3.57 Å². The number of hydrogen-bond acceptors (Lipinski definition) is 6. The van der Waals surface area contributed by atoms with E-state index in [4.69, 9.17) is 0 Å². The monoisotopic (exact) mass is 910 g/mol. The first kappa shape index (κ1) is 47.0. The van der Waals surface area contributed by atoms with E-state index in [1.165, 1.54) is 0 Å². The second kappa shape index (κ2) is 15.8. The second-order valence-electron chi connectivity index (χ2n) is 22.3. The predicted octanol–water partition coefficient (Wildman–Crippen LogP) is 5.68. The van der Waals surface area contributed by atoms with Crippen molar-refractivity contribution in [3.63, 3.8) is 0 Å². The molecule has 0 saturated carbocycles. The van der Waals surface area contributed by atoms with Crippen molar-refractivity contribution < 1.29 is 35.3 Å². The van der Waals surface area contributed by atoms with Crippen LogP contribution < -0.4 is 38.7 Å². The molecule has 0 spiro atoms. The fraction of sp³-hybridized carbons (Fsp3) is 0.562. The van der Waals surface area contributed by atoms with Gasteiger partial charge in [0.25, 0.3) is 0 Å². The van der Waals surface area contributed by atoms with Gasteiger partial charge in [0.1, 0.15) is 11.5 Å². The quantitative estimate of drug-likeness (QED) is 0.205. The number of aromatic nitrogens is 3. The average Bonchev–Trinajstić information content (AvgIpc) is 3.04. The molecule has 3 aromatic carbocycles. The van der Waals surface area contributed by atoms with Gasteiger partial charge in [-0.05, 0) is 21.7 Å². The fourth-order valence-corrected chi connectivity index (χ4v) is 9.90. The van der Waals surface area contributed by atoms with Crippen LogP contribution in [0.4, 0.5) is 0 Å². The Balaban J connectivity index is 2.13. The zero-order valence-corrected chi connectivity index (χ0v) is 40.5. The zero-order valence-electron chi connectivity index (χ0n) is 38.4. The molecule has 0 bridgehead atoms. The Hall–Kier alpha value is -3.64. The smallest absolute Gasteiger partial charge is 0.507 e. The van der Waals surface area contributed by atoms with Crippen LogP contribution in [-0.4, -0.2) is 27.4 Å². The van der Waals surface area contributed by atoms with Gasteiger partial charge in [0.15, 0.2) is 0 Å². The van der Waals surface area contributed by atoms with Gasteiger partial charge in [-0.2, -0.15) is 0 Å². The maximum absolute atomic E-state index is 14.8. The van der Waals surface area contributed by atoms with Crippen molar-refractivity contribution >= 4 is 0 Å². The van der Waals surface area contributed by atoms with Gasteiger partial charge < -0.3 is 10.2 Å². The third-order valence-electron chi connectivity index (χ3n) is 10.8. The van der Waals surface area contributed by atoms with Gasteiger partial charge in [-0.25, -0.2) is 0 Å². The van der Waals surface area contributed by atoms with Crippen molar-refractivity contribution in [2.24, 2.45) is 0 Å². The predicted molar refractivity (Wildman–Crippen MR) is 232 cm³/mol. The molecule has 58 heavy (non-hydrogen) atoms. The van der Waals surface area contributed by atoms with Crippen molar-refractivity contribution in [3.05, 3.63) is 121 Å². The minimum Gasteiger partial charge on any atom is -0.507 e. The minimum atomic E-state index is -1.29. The molecule has 0 atom stereocenters. The Kier molecular flexibility index (Phi) is 12.8. The van der Waals surface area contributed by atoms with Gasteiger partial charge in [0.05, 0.1) is 0 Å². The summed E-state index contributed by atoms with van der Waals surface area (Å²) in [5.74, 6) is 0.376. The van der Waals surface area contributed by atoms with E-state index in [9.17, 15) is 28.0 Å². The molecular formula is C48H69IN3O6-. The molecule has 3 N–H and O–H groups in total. The van der Waals surface area contributed by atoms with Crippen LogP contribution in [0.1, 0.15) is 175 Å². The molecule has 0 aliphatic carbocycles. The van der Waals surface area contributed by atoms with Crippen molar-refractivity contribution in [1.29, 1.82) is 0 Å². The molecule has 0 unspecified atom stereocenters. The summed E-state index contributed by atoms with van der Waals surface area (Å²) in [4.78, 5) is 44.2. The first-order valence-corrected chi connectivity index (χ1v) is 22.3. The van der Waals surface area contributed by atoms with E-state index in [2.05, 4.69) is 41.5 Å². The van der Waals surface area contributed by atoms with E-state index in [1.807, 2.05) is 119 Å². The summed E-state index contributed by atoms with van der Waals surface area (Å²) in [5, 5.41) is 23.0. The number of phenols is 2. The van der Waals surface area contributed by atoms with Crippen LogP contribution in [0.25, 0.3) is 0 Å². The fourth-order valence-electron chi connectivity index (χ4n) is 7.45. The Bertz CT molecular complexity index is 2160. The molecule has 0 aliphatic heterocycles. The topological polar surface area (TPSA) is 127 Å². The normalized spacial score (nSPS) is 13.4. The molecule has 4 rings (SSSR count). The molecule has 0 aliphatic rings. The molecule has 0 radical (unpaired) electrons. The molecule has 0 amide bonds. The van der Waals surface area contributed by atoms with Crippen molar-refractivity contribution in [3.8, 4) is 11.5 Å². The first-order chi connectivity index (χ1) is 26.1. The summed E-state index contributed by atoms with van der Waals surface area (Å²) in [7, 11) is 0. The van der Waals surface area contributed by atoms with Crippen LogP contribution >= 0.6 is 0 Å². The Morgan fingerprint density at radius 3 is 0.759 bits per heavy atom. The molecule has 1 aromatic heterocycles. The molecule has 1 heterocycles. The van der Waals surface area contributed by atoms with Crippen molar-refractivity contribution in [2.45, 2.75) is 177 Å². The molecule has 0 fully saturated rings. The van der Waals surface area contributed by atoms with Gasteiger partial charge in [-0.1, -0.05) is 83.1 Å². The van der Waals surface area contributed by atoms with Gasteiger partial charge in [-0.15, -0.1) is 0 Å². The standard InChI is InChI=1S/C48H69IN3O6/c1-43(2,3)31-19-28(20-32(37(31)49-58)44(4,5)6)25-50-40(55)51(26-29-21-33(45(7,8)9)38(53)34(22-29)46(10,11)12)42(57)52(41(50)56)27-30-23-35(47(13,14)15)39(54)36(24-30)48(16,17)18/h19-24,53-54,58H,25-27H2,1-18H3/q-1. The van der Waals surface area contributed by atoms with E-state index < -0.39 is 60.3 Å². The van der Waals surface area contributed by atoms with Gasteiger partial charge in [-0.3, -0.25) is 0 Å². The summed E-state index contributed by atoms with van der Waals surface area (Å²) in [5.41, 5.74) is 2.06. The zero-order chi connectivity index (χ0) is 44.5. The number of benzene rings is 3. The number of halogens is 1. The summed E-state index contributed by atoms with van der Waals surface area (Å²) in [6.45, 7) is 36.3. The molecular weight excluding hydrogens is 841 g/mol. The first-order valence-electron chi connectivity index (χ1n) is 20.2. The number of nitrogens with zero attached hydrogens (tertiary/aromatic N) is 3. The van der Waals surface area contributed by atoms with Gasteiger partial charge in [0.2, 0.25) is 0 Å². The number of phenolic OH excluding ortho intramolecular Hbond substituents is 2. The van der Waals surface area contributed by atoms with Crippen molar-refractivity contribution in [2.75, 3.05) is 0 Å². The Morgan fingerprint density at radius 2 is 0.586 bits per heavy atom. The summed E-state index contributed by atoms with van der Waals surface area (Å²) in [6, 6.07) is 11.4. The van der Waals surface area contributed by atoms with E-state index in [-0.39, 0.29) is 42.0 Å². The third-order valence-corrected chi connectivity index (χ3v) is 12.5. The molecule has 4 aromatic rings. The summed E-state index contributed by atoms with van der Waals surface area (Å²) in [6.07, 6.45) is 0. The minimum absolute atomic E-state index is 0.0970. The maximum atomic E-state index is 14.8. The van der Waals surface area contributed by atoms with Crippen LogP contribution in [0.15, 0.2) is 50.8 Å². The van der Waals surface area contributed by atoms with Crippen LogP contribution in [0.5, 0.6) is 11.5 Å². The van der Waals surface area contributed by atoms with E-state index >= 15 is 0 Å². The van der Waals surface area contributed by atoms with Crippen LogP contribution in [0.3, 0.4) is 0 Å². The van der Waals surface area contributed by atoms with Crippen molar-refractivity contribution in [1.82, 2.24) is 13.7 Å². The van der Waals surface area contributed by atoms with Gasteiger partial charge >= 0.3 is 232 Å². The molecule has 0 saturated heterocycles. The van der Waals surface area contributed by atoms with E-state index in [0.29, 0.717) is 33.4 Å².